The van der Waals surface area contributed by atoms with E-state index in [0.29, 0.717) is 27.9 Å². The number of nitrogens with one attached hydrogen (secondary N) is 1. The van der Waals surface area contributed by atoms with E-state index in [2.05, 4.69) is 16.0 Å². The van der Waals surface area contributed by atoms with Crippen molar-refractivity contribution in [3.05, 3.63) is 38.4 Å². The number of carbonyl (C=O) groups excluding carboxylic acids is 1. The minimum Gasteiger partial charge on any atom is -0.313 e. The number of H-pyrrole nitrogens is 1. The van der Waals surface area contributed by atoms with E-state index in [4.69, 9.17) is 4.98 Å². The van der Waals surface area contributed by atoms with Gasteiger partial charge in [0.2, 0.25) is 5.91 Å². The first-order valence-electron chi connectivity index (χ1n) is 11.8. The first-order chi connectivity index (χ1) is 15.6. The molecule has 32 heavy (non-hydrogen) atoms. The number of aromatic nitrogens is 4. The number of hydrogen-bond donors (Lipinski definition) is 1. The van der Waals surface area contributed by atoms with Gasteiger partial charge in [-0.25, -0.2) is 14.8 Å². The first-order valence-corrected chi connectivity index (χ1v) is 12.8. The predicted molar refractivity (Wildman–Crippen MR) is 122 cm³/mol. The molecule has 0 aromatic carbocycles. The molecule has 0 spiro atoms. The Labute approximate surface area is 189 Å². The Bertz CT molecular complexity index is 1240. The predicted octanol–water partition coefficient (Wildman–Crippen LogP) is 3.23. The monoisotopic (exact) mass is 453 g/mol. The molecule has 4 aliphatic rings. The Morgan fingerprint density at radius 3 is 2.59 bits per heavy atom. The van der Waals surface area contributed by atoms with Crippen molar-refractivity contribution >= 4 is 28.7 Å². The van der Waals surface area contributed by atoms with Crippen LogP contribution >= 0.6 is 11.8 Å². The summed E-state index contributed by atoms with van der Waals surface area (Å²) in [6.45, 7) is 0. The van der Waals surface area contributed by atoms with Crippen molar-refractivity contribution in [3.8, 4) is 0 Å². The van der Waals surface area contributed by atoms with Gasteiger partial charge in [0.25, 0.3) is 5.56 Å². The molecule has 6 rings (SSSR count). The van der Waals surface area contributed by atoms with Crippen LogP contribution < -0.4 is 11.2 Å². The third-order valence-electron chi connectivity index (χ3n) is 6.71. The zero-order valence-corrected chi connectivity index (χ0v) is 18.8. The fraction of sp³-hybridized carbons (Fsp3) is 0.609. The van der Waals surface area contributed by atoms with E-state index in [1.165, 1.54) is 18.2 Å². The number of nitrogens with zero attached hydrogens (tertiary/aromatic N) is 4. The van der Waals surface area contributed by atoms with Crippen LogP contribution in [0.15, 0.2) is 26.4 Å². The molecular formula is C23H27N5O3S. The van der Waals surface area contributed by atoms with Crippen molar-refractivity contribution in [2.24, 2.45) is 0 Å². The maximum absolute atomic E-state index is 13.3. The first kappa shape index (κ1) is 20.2. The molecule has 3 fully saturated rings. The van der Waals surface area contributed by atoms with Crippen molar-refractivity contribution in [2.75, 3.05) is 5.75 Å². The second-order valence-electron chi connectivity index (χ2n) is 9.45. The number of thioether (sulfide) groups is 1. The highest BCUT2D eigenvalue weighted by Gasteiger charge is 2.36. The Morgan fingerprint density at radius 2 is 1.94 bits per heavy atom. The van der Waals surface area contributed by atoms with Gasteiger partial charge in [0, 0.05) is 23.7 Å². The number of carbonyl (C=O) groups is 1. The molecule has 4 aliphatic carbocycles. The van der Waals surface area contributed by atoms with Crippen LogP contribution in [0.4, 0.5) is 0 Å². The number of amides is 1. The highest BCUT2D eigenvalue weighted by molar-refractivity contribution is 8.00. The van der Waals surface area contributed by atoms with Gasteiger partial charge in [-0.1, -0.05) is 17.8 Å². The molecule has 0 atom stereocenters. The largest absolute Gasteiger partial charge is 0.330 e. The van der Waals surface area contributed by atoms with Gasteiger partial charge in [0.1, 0.15) is 16.2 Å². The van der Waals surface area contributed by atoms with Crippen LogP contribution in [-0.4, -0.2) is 42.1 Å². The van der Waals surface area contributed by atoms with E-state index in [0.717, 1.165) is 63.5 Å². The third-order valence-corrected chi connectivity index (χ3v) is 7.67. The summed E-state index contributed by atoms with van der Waals surface area (Å²) in [5.41, 5.74) is 0.730. The summed E-state index contributed by atoms with van der Waals surface area (Å²) in [7, 11) is 0. The molecule has 0 saturated heterocycles. The topological polar surface area (TPSA) is 101 Å². The average Bonchev–Trinajstić information content (AvgIpc) is 3.62. The SMILES string of the molecule is O=C(CSc1nc(C2CC2)nc2c1c(=O)[nH]c(=O)n2C1CC1)N(C1=CCCCC1)C1CC1. The maximum atomic E-state index is 13.3. The van der Waals surface area contributed by atoms with Gasteiger partial charge in [-0.2, -0.15) is 0 Å². The molecule has 1 amide bonds. The van der Waals surface area contributed by atoms with Crippen LogP contribution in [-0.2, 0) is 4.79 Å². The third kappa shape index (κ3) is 3.80. The van der Waals surface area contributed by atoms with Gasteiger partial charge in [-0.3, -0.25) is 19.1 Å². The minimum absolute atomic E-state index is 0.0809. The van der Waals surface area contributed by atoms with Crippen LogP contribution in [0.2, 0.25) is 0 Å². The Balaban J connectivity index is 1.35. The molecule has 1 N–H and O–H groups in total. The normalized spacial score (nSPS) is 20.9. The second-order valence-corrected chi connectivity index (χ2v) is 10.4. The van der Waals surface area contributed by atoms with Crippen molar-refractivity contribution in [1.82, 2.24) is 24.4 Å². The van der Waals surface area contributed by atoms with Crippen LogP contribution in [0.25, 0.3) is 11.0 Å². The lowest BCUT2D eigenvalue weighted by Crippen LogP contribution is -2.34. The molecule has 168 valence electrons. The van der Waals surface area contributed by atoms with Crippen LogP contribution in [0.1, 0.15) is 82.0 Å². The summed E-state index contributed by atoms with van der Waals surface area (Å²) in [6, 6.07) is 0.409. The summed E-state index contributed by atoms with van der Waals surface area (Å²) in [5.74, 6) is 1.29. The molecular weight excluding hydrogens is 426 g/mol. The Morgan fingerprint density at radius 1 is 1.12 bits per heavy atom. The van der Waals surface area contributed by atoms with Gasteiger partial charge in [-0.15, -0.1) is 0 Å². The highest BCUT2D eigenvalue weighted by atomic mass is 32.2. The molecule has 3 saturated carbocycles. The van der Waals surface area contributed by atoms with Crippen LogP contribution in [0, 0.1) is 0 Å². The van der Waals surface area contributed by atoms with E-state index < -0.39 is 11.2 Å². The lowest BCUT2D eigenvalue weighted by molar-refractivity contribution is -0.127. The summed E-state index contributed by atoms with van der Waals surface area (Å²) in [5, 5.41) is 0.864. The molecule has 2 aromatic heterocycles. The van der Waals surface area contributed by atoms with Crippen molar-refractivity contribution in [3.63, 3.8) is 0 Å². The fourth-order valence-corrected chi connectivity index (χ4v) is 5.49. The van der Waals surface area contributed by atoms with E-state index in [-0.39, 0.29) is 23.6 Å². The van der Waals surface area contributed by atoms with Gasteiger partial charge < -0.3 is 4.90 Å². The van der Waals surface area contributed by atoms with Gasteiger partial charge in [0.15, 0.2) is 5.65 Å². The lowest BCUT2D eigenvalue weighted by atomic mass is 10.0. The maximum Gasteiger partial charge on any atom is 0.330 e. The van der Waals surface area contributed by atoms with Crippen molar-refractivity contribution < 1.29 is 4.79 Å². The number of allylic oxidation sites excluding steroid dienone is 2. The van der Waals surface area contributed by atoms with Crippen molar-refractivity contribution in [1.29, 1.82) is 0 Å². The Hall–Kier alpha value is -2.42. The second kappa shape index (κ2) is 7.86. The molecule has 0 radical (unpaired) electrons. The average molecular weight is 454 g/mol. The van der Waals surface area contributed by atoms with E-state index >= 15 is 0 Å². The number of fused-ring (bicyclic) bond motifs is 1. The standard InChI is InChI=1S/C23H27N5O3S/c29-17(27(15-8-9-15)14-4-2-1-3-5-14)12-32-22-18-20(24-19(25-22)13-6-7-13)28(16-10-11-16)23(31)26-21(18)30/h4,13,15-16H,1-3,5-12H2,(H,26,30,31). The zero-order valence-electron chi connectivity index (χ0n) is 18.0. The quantitative estimate of drug-likeness (QED) is 0.510. The lowest BCUT2D eigenvalue weighted by Gasteiger charge is -2.27. The molecule has 2 heterocycles. The highest BCUT2D eigenvalue weighted by Crippen LogP contribution is 2.41. The molecule has 9 heteroatoms. The minimum atomic E-state index is -0.465. The van der Waals surface area contributed by atoms with Gasteiger partial charge in [-0.05, 0) is 64.2 Å². The molecule has 8 nitrogen and oxygen atoms in total. The number of aromatic amines is 1. The molecule has 0 bridgehead atoms. The molecule has 0 aliphatic heterocycles. The summed E-state index contributed by atoms with van der Waals surface area (Å²) >= 11 is 1.31. The summed E-state index contributed by atoms with van der Waals surface area (Å²) < 4.78 is 1.62. The van der Waals surface area contributed by atoms with Crippen LogP contribution in [0.3, 0.4) is 0 Å². The van der Waals surface area contributed by atoms with Crippen LogP contribution in [0.5, 0.6) is 0 Å². The molecule has 2 aromatic rings. The Kier molecular flexibility index (Phi) is 4.97. The summed E-state index contributed by atoms with van der Waals surface area (Å²) in [4.78, 5) is 52.4. The number of hydrogen-bond acceptors (Lipinski definition) is 6. The summed E-state index contributed by atoms with van der Waals surface area (Å²) in [6.07, 6.45) is 12.5. The van der Waals surface area contributed by atoms with Gasteiger partial charge in [0.05, 0.1) is 5.75 Å². The van der Waals surface area contributed by atoms with E-state index in [1.807, 2.05) is 4.90 Å². The smallest absolute Gasteiger partial charge is 0.313 e. The van der Waals surface area contributed by atoms with Crippen molar-refractivity contribution in [2.45, 2.75) is 87.2 Å². The zero-order chi connectivity index (χ0) is 21.8. The van der Waals surface area contributed by atoms with E-state index in [9.17, 15) is 14.4 Å². The number of rotatable bonds is 7. The fourth-order valence-electron chi connectivity index (χ4n) is 4.60. The van der Waals surface area contributed by atoms with Gasteiger partial charge >= 0.3 is 5.69 Å². The molecule has 0 unspecified atom stereocenters. The van der Waals surface area contributed by atoms with E-state index in [1.54, 1.807) is 4.57 Å².